The van der Waals surface area contributed by atoms with Gasteiger partial charge in [-0.2, -0.15) is 0 Å². The van der Waals surface area contributed by atoms with Crippen molar-refractivity contribution >= 4 is 18.5 Å². The monoisotopic (exact) mass is 450 g/mol. The van der Waals surface area contributed by atoms with E-state index in [9.17, 15) is 0 Å². The number of benzene rings is 4. The van der Waals surface area contributed by atoms with Crippen molar-refractivity contribution in [3.8, 4) is 0 Å². The summed E-state index contributed by atoms with van der Waals surface area (Å²) in [6.07, 6.45) is 2.19. The van der Waals surface area contributed by atoms with Crippen LogP contribution in [-0.2, 0) is 10.3 Å². The molecule has 0 fully saturated rings. The van der Waals surface area contributed by atoms with Crippen LogP contribution in [0.4, 0.5) is 0 Å². The predicted octanol–water partition coefficient (Wildman–Crippen LogP) is 7.71. The molecule has 0 nitrogen and oxygen atoms in total. The van der Waals surface area contributed by atoms with Gasteiger partial charge in [0.25, 0.3) is 0 Å². The van der Waals surface area contributed by atoms with Gasteiger partial charge in [0.15, 0.2) is 0 Å². The maximum atomic E-state index is 3.25. The number of rotatable bonds is 6. The molecule has 0 aromatic heterocycles. The van der Waals surface area contributed by atoms with Crippen LogP contribution in [0.3, 0.4) is 0 Å². The Morgan fingerprint density at radius 1 is 0.375 bits per heavy atom. The molecule has 0 radical (unpaired) electrons. The quantitative estimate of drug-likeness (QED) is 0.208. The SMILES string of the molecule is PC(C1=C(C(P)(c2ccccc2)c2ccccc2)CC1)(c1ccccc1)c1ccccc1. The molecule has 158 valence electrons. The number of allylic oxidation sites excluding steroid dienone is 2. The second-order valence-electron chi connectivity index (χ2n) is 8.54. The molecule has 2 heteroatoms. The molecule has 4 aromatic rings. The smallest absolute Gasteiger partial charge is 0.0554 e. The van der Waals surface area contributed by atoms with Gasteiger partial charge in [-0.05, 0) is 35.1 Å². The van der Waals surface area contributed by atoms with Gasteiger partial charge in [-0.25, -0.2) is 0 Å². The Bertz CT molecular complexity index is 1040. The zero-order chi connectivity index (χ0) is 22.0. The van der Waals surface area contributed by atoms with E-state index >= 15 is 0 Å². The minimum atomic E-state index is -0.249. The van der Waals surface area contributed by atoms with Crippen LogP contribution in [0.2, 0.25) is 0 Å². The molecule has 1 aliphatic carbocycles. The molecule has 2 unspecified atom stereocenters. The molecule has 32 heavy (non-hydrogen) atoms. The van der Waals surface area contributed by atoms with E-state index in [0.717, 1.165) is 12.8 Å². The van der Waals surface area contributed by atoms with Crippen molar-refractivity contribution < 1.29 is 0 Å². The van der Waals surface area contributed by atoms with Crippen LogP contribution in [0.25, 0.3) is 0 Å². The Morgan fingerprint density at radius 2 is 0.594 bits per heavy atom. The standard InChI is InChI=1S/C30H28P2/c31-29(23-13-5-1-6-14-23,24-15-7-2-8-16-24)27-21-22-28(27)30(32,25-17-9-3-10-18-25)26-19-11-4-12-20-26/h1-20H,21-22,31-32H2. The first-order valence-corrected chi connectivity index (χ1v) is 12.3. The summed E-state index contributed by atoms with van der Waals surface area (Å²) in [5, 5.41) is -0.497. The fourth-order valence-corrected chi connectivity index (χ4v) is 6.49. The molecular weight excluding hydrogens is 422 g/mol. The van der Waals surface area contributed by atoms with Crippen LogP contribution >= 0.6 is 18.5 Å². The first-order valence-electron chi connectivity index (χ1n) is 11.2. The van der Waals surface area contributed by atoms with E-state index in [1.165, 1.54) is 33.4 Å². The molecule has 0 amide bonds. The largest absolute Gasteiger partial charge is 0.117 e. The van der Waals surface area contributed by atoms with E-state index in [1.807, 2.05) is 0 Å². The third-order valence-electron chi connectivity index (χ3n) is 6.86. The first kappa shape index (κ1) is 21.3. The van der Waals surface area contributed by atoms with Crippen molar-refractivity contribution in [2.45, 2.75) is 23.2 Å². The lowest BCUT2D eigenvalue weighted by Gasteiger charge is -2.47. The molecule has 2 atom stereocenters. The Labute approximate surface area is 196 Å². The van der Waals surface area contributed by atoms with E-state index in [4.69, 9.17) is 0 Å². The van der Waals surface area contributed by atoms with Gasteiger partial charge >= 0.3 is 0 Å². The predicted molar refractivity (Wildman–Crippen MR) is 143 cm³/mol. The molecule has 0 aliphatic heterocycles. The van der Waals surface area contributed by atoms with E-state index in [2.05, 4.69) is 140 Å². The lowest BCUT2D eigenvalue weighted by atomic mass is 9.66. The zero-order valence-electron chi connectivity index (χ0n) is 18.1. The summed E-state index contributed by atoms with van der Waals surface area (Å²) in [5.74, 6) is 0. The Kier molecular flexibility index (Phi) is 5.86. The van der Waals surface area contributed by atoms with E-state index in [1.54, 1.807) is 0 Å². The molecule has 0 heterocycles. The molecule has 0 saturated heterocycles. The molecule has 0 bridgehead atoms. The number of hydrogen-bond acceptors (Lipinski definition) is 0. The van der Waals surface area contributed by atoms with Crippen LogP contribution < -0.4 is 0 Å². The van der Waals surface area contributed by atoms with Crippen molar-refractivity contribution in [1.82, 2.24) is 0 Å². The van der Waals surface area contributed by atoms with Crippen LogP contribution in [0.5, 0.6) is 0 Å². The maximum Gasteiger partial charge on any atom is 0.0554 e. The van der Waals surface area contributed by atoms with Crippen molar-refractivity contribution in [3.05, 3.63) is 155 Å². The fraction of sp³-hybridized carbons (Fsp3) is 0.133. The number of hydrogen-bond donors (Lipinski definition) is 0. The minimum Gasteiger partial charge on any atom is -0.117 e. The first-order chi connectivity index (χ1) is 15.6. The summed E-state index contributed by atoms with van der Waals surface area (Å²) in [4.78, 5) is 0. The summed E-state index contributed by atoms with van der Waals surface area (Å²) >= 11 is 0. The van der Waals surface area contributed by atoms with Gasteiger partial charge in [0.05, 0.1) is 10.3 Å². The zero-order valence-corrected chi connectivity index (χ0v) is 20.4. The molecule has 0 N–H and O–H groups in total. The van der Waals surface area contributed by atoms with E-state index in [0.29, 0.717) is 0 Å². The van der Waals surface area contributed by atoms with Gasteiger partial charge in [0, 0.05) is 0 Å². The third kappa shape index (κ3) is 3.47. The lowest BCUT2D eigenvalue weighted by molar-refractivity contribution is 0.620. The summed E-state index contributed by atoms with van der Waals surface area (Å²) < 4.78 is 0. The third-order valence-corrected chi connectivity index (χ3v) is 8.89. The average Bonchev–Trinajstić information content (AvgIpc) is 2.85. The second kappa shape index (κ2) is 8.78. The Hall–Kier alpha value is -2.52. The summed E-state index contributed by atoms with van der Waals surface area (Å²) in [5.41, 5.74) is 8.27. The highest BCUT2D eigenvalue weighted by atomic mass is 31.0. The molecule has 0 saturated carbocycles. The molecule has 4 aromatic carbocycles. The van der Waals surface area contributed by atoms with Gasteiger partial charge in [0.1, 0.15) is 0 Å². The van der Waals surface area contributed by atoms with Crippen molar-refractivity contribution in [2.24, 2.45) is 0 Å². The molecule has 5 rings (SSSR count). The van der Waals surface area contributed by atoms with E-state index < -0.39 is 0 Å². The van der Waals surface area contributed by atoms with Crippen molar-refractivity contribution in [2.75, 3.05) is 0 Å². The maximum absolute atomic E-state index is 3.25. The summed E-state index contributed by atoms with van der Waals surface area (Å²) in [6.45, 7) is 0. The van der Waals surface area contributed by atoms with Gasteiger partial charge in [0.2, 0.25) is 0 Å². The summed E-state index contributed by atoms with van der Waals surface area (Å²) in [6, 6.07) is 43.7. The van der Waals surface area contributed by atoms with Crippen LogP contribution in [0.1, 0.15) is 35.1 Å². The lowest BCUT2D eigenvalue weighted by Crippen LogP contribution is -2.35. The normalized spacial score (nSPS) is 14.2. The Morgan fingerprint density at radius 3 is 0.781 bits per heavy atom. The van der Waals surface area contributed by atoms with Crippen LogP contribution in [-0.4, -0.2) is 0 Å². The highest BCUT2D eigenvalue weighted by molar-refractivity contribution is 7.20. The average molecular weight is 451 g/mol. The van der Waals surface area contributed by atoms with Crippen LogP contribution in [0, 0.1) is 0 Å². The second-order valence-corrected chi connectivity index (χ2v) is 10.3. The van der Waals surface area contributed by atoms with Gasteiger partial charge in [-0.3, -0.25) is 0 Å². The van der Waals surface area contributed by atoms with Crippen molar-refractivity contribution in [3.63, 3.8) is 0 Å². The highest BCUT2D eigenvalue weighted by Gasteiger charge is 2.45. The van der Waals surface area contributed by atoms with Crippen molar-refractivity contribution in [1.29, 1.82) is 0 Å². The van der Waals surface area contributed by atoms with Crippen LogP contribution in [0.15, 0.2) is 132 Å². The molecule has 0 spiro atoms. The molecule has 1 aliphatic rings. The summed E-state index contributed by atoms with van der Waals surface area (Å²) in [7, 11) is 6.49. The van der Waals surface area contributed by atoms with Gasteiger partial charge < -0.3 is 0 Å². The topological polar surface area (TPSA) is 0 Å². The fourth-order valence-electron chi connectivity index (χ4n) is 5.08. The highest BCUT2D eigenvalue weighted by Crippen LogP contribution is 2.59. The van der Waals surface area contributed by atoms with E-state index in [-0.39, 0.29) is 10.3 Å². The Balaban J connectivity index is 1.78. The minimum absolute atomic E-state index is 0.249. The van der Waals surface area contributed by atoms with Gasteiger partial charge in [-0.1, -0.05) is 132 Å². The van der Waals surface area contributed by atoms with Gasteiger partial charge in [-0.15, -0.1) is 18.5 Å². The molecular formula is C30H28P2.